The molecule has 0 aromatic carbocycles. The first-order valence-corrected chi connectivity index (χ1v) is 6.39. The molecule has 1 N–H and O–H groups in total. The smallest absolute Gasteiger partial charge is 0.181 e. The molecule has 0 fully saturated rings. The predicted molar refractivity (Wildman–Crippen MR) is 60.5 cm³/mol. The average molecular weight is 328 g/mol. The molecule has 2 rings (SSSR count). The Labute approximate surface area is 95.1 Å². The minimum absolute atomic E-state index is 0.215. The molecule has 1 atom stereocenters. The SMILES string of the molecule is BrC1=CNC(Br)(c2cncs2)S1. The fourth-order valence-electron chi connectivity index (χ4n) is 0.839. The molecule has 1 unspecified atom stereocenters. The van der Waals surface area contributed by atoms with Crippen LogP contribution in [0.4, 0.5) is 0 Å². The number of nitrogens with zero attached hydrogens (tertiary/aromatic N) is 1. The van der Waals surface area contributed by atoms with Crippen molar-refractivity contribution in [1.82, 2.24) is 10.3 Å². The van der Waals surface area contributed by atoms with Crippen molar-refractivity contribution in [2.45, 2.75) is 3.78 Å². The van der Waals surface area contributed by atoms with Crippen LogP contribution in [-0.2, 0) is 3.78 Å². The van der Waals surface area contributed by atoms with Crippen molar-refractivity contribution in [2.24, 2.45) is 0 Å². The zero-order chi connectivity index (χ0) is 8.60. The summed E-state index contributed by atoms with van der Waals surface area (Å²) in [5.74, 6) is 0. The van der Waals surface area contributed by atoms with Crippen LogP contribution in [0.15, 0.2) is 21.7 Å². The lowest BCUT2D eigenvalue weighted by Crippen LogP contribution is -2.23. The Morgan fingerprint density at radius 1 is 1.58 bits per heavy atom. The molecule has 0 saturated heterocycles. The second-order valence-electron chi connectivity index (χ2n) is 2.16. The van der Waals surface area contributed by atoms with Crippen LogP contribution in [0.2, 0.25) is 0 Å². The number of hydrogen-bond donors (Lipinski definition) is 1. The van der Waals surface area contributed by atoms with E-state index in [0.29, 0.717) is 0 Å². The second kappa shape index (κ2) is 3.32. The Bertz CT molecular complexity index is 311. The maximum absolute atomic E-state index is 4.03. The van der Waals surface area contributed by atoms with E-state index < -0.39 is 0 Å². The lowest BCUT2D eigenvalue weighted by Gasteiger charge is -2.18. The summed E-state index contributed by atoms with van der Waals surface area (Å²) in [6.07, 6.45) is 3.79. The molecule has 0 saturated carbocycles. The van der Waals surface area contributed by atoms with E-state index in [4.69, 9.17) is 0 Å². The molecule has 6 heteroatoms. The molecule has 0 bridgehead atoms. The van der Waals surface area contributed by atoms with Crippen molar-refractivity contribution in [3.05, 3.63) is 26.6 Å². The highest BCUT2D eigenvalue weighted by Gasteiger charge is 2.35. The molecule has 1 aromatic rings. The van der Waals surface area contributed by atoms with Gasteiger partial charge in [-0.05, 0) is 31.9 Å². The number of halogens is 2. The highest BCUT2D eigenvalue weighted by Crippen LogP contribution is 2.50. The van der Waals surface area contributed by atoms with Gasteiger partial charge in [-0.1, -0.05) is 11.8 Å². The Morgan fingerprint density at radius 2 is 2.42 bits per heavy atom. The van der Waals surface area contributed by atoms with E-state index >= 15 is 0 Å². The molecule has 0 spiro atoms. The Morgan fingerprint density at radius 3 is 2.92 bits per heavy atom. The first kappa shape index (κ1) is 9.05. The highest BCUT2D eigenvalue weighted by atomic mass is 79.9. The number of thioether (sulfide) groups is 1. The van der Waals surface area contributed by atoms with Crippen LogP contribution in [0.1, 0.15) is 4.88 Å². The van der Waals surface area contributed by atoms with Gasteiger partial charge in [-0.15, -0.1) is 11.3 Å². The van der Waals surface area contributed by atoms with E-state index in [0.717, 1.165) is 3.81 Å². The van der Waals surface area contributed by atoms with Crippen molar-refractivity contribution in [3.8, 4) is 0 Å². The van der Waals surface area contributed by atoms with Crippen molar-refractivity contribution >= 4 is 55.0 Å². The van der Waals surface area contributed by atoms with E-state index in [1.165, 1.54) is 4.88 Å². The fourth-order valence-corrected chi connectivity index (χ4v) is 4.85. The molecular weight excluding hydrogens is 324 g/mol. The third kappa shape index (κ3) is 1.57. The molecule has 1 aliphatic rings. The largest absolute Gasteiger partial charge is 0.362 e. The van der Waals surface area contributed by atoms with Crippen molar-refractivity contribution in [3.63, 3.8) is 0 Å². The van der Waals surface area contributed by atoms with Crippen LogP contribution < -0.4 is 5.32 Å². The molecule has 12 heavy (non-hydrogen) atoms. The van der Waals surface area contributed by atoms with Gasteiger partial charge in [0.25, 0.3) is 0 Å². The summed E-state index contributed by atoms with van der Waals surface area (Å²) in [6, 6.07) is 0. The molecule has 0 radical (unpaired) electrons. The number of thiazole rings is 1. The minimum Gasteiger partial charge on any atom is -0.362 e. The molecular formula is C6H4Br2N2S2. The number of alkyl halides is 1. The minimum atomic E-state index is -0.215. The van der Waals surface area contributed by atoms with Gasteiger partial charge in [0.05, 0.1) is 14.2 Å². The standard InChI is InChI=1S/C6H4Br2N2S2/c7-5-2-10-6(8,12-5)4-1-9-3-11-4/h1-3,10H. The first-order valence-electron chi connectivity index (χ1n) is 3.11. The molecule has 2 heterocycles. The van der Waals surface area contributed by atoms with Crippen molar-refractivity contribution in [2.75, 3.05) is 0 Å². The van der Waals surface area contributed by atoms with Gasteiger partial charge in [-0.3, -0.25) is 4.98 Å². The molecule has 1 aromatic heterocycles. The van der Waals surface area contributed by atoms with Crippen LogP contribution in [0.3, 0.4) is 0 Å². The quantitative estimate of drug-likeness (QED) is 0.633. The number of rotatable bonds is 1. The zero-order valence-corrected chi connectivity index (χ0v) is 10.6. The summed E-state index contributed by atoms with van der Waals surface area (Å²) in [4.78, 5) is 5.20. The van der Waals surface area contributed by atoms with Gasteiger partial charge in [-0.25, -0.2) is 0 Å². The summed E-state index contributed by atoms with van der Waals surface area (Å²) in [5, 5.41) is 3.23. The summed E-state index contributed by atoms with van der Waals surface area (Å²) >= 11 is 10.3. The monoisotopic (exact) mass is 326 g/mol. The number of aromatic nitrogens is 1. The molecule has 2 nitrogen and oxygen atoms in total. The van der Waals surface area contributed by atoms with Crippen LogP contribution in [0, 0.1) is 0 Å². The molecule has 0 aliphatic carbocycles. The lowest BCUT2D eigenvalue weighted by atomic mass is 10.5. The van der Waals surface area contributed by atoms with Crippen molar-refractivity contribution < 1.29 is 0 Å². The van der Waals surface area contributed by atoms with Gasteiger partial charge < -0.3 is 5.32 Å². The van der Waals surface area contributed by atoms with E-state index in [1.54, 1.807) is 23.1 Å². The fraction of sp³-hybridized carbons (Fsp3) is 0.167. The third-order valence-corrected chi connectivity index (χ3v) is 5.43. The zero-order valence-electron chi connectivity index (χ0n) is 5.75. The molecule has 1 aliphatic heterocycles. The normalized spacial score (nSPS) is 28.3. The molecule has 64 valence electrons. The first-order chi connectivity index (χ1) is 5.71. The van der Waals surface area contributed by atoms with E-state index in [9.17, 15) is 0 Å². The van der Waals surface area contributed by atoms with Gasteiger partial charge in [0.15, 0.2) is 3.78 Å². The highest BCUT2D eigenvalue weighted by molar-refractivity contribution is 9.15. The average Bonchev–Trinajstić information content (AvgIpc) is 2.59. The summed E-state index contributed by atoms with van der Waals surface area (Å²) < 4.78 is 0.875. The van der Waals surface area contributed by atoms with Crippen LogP contribution in [0.5, 0.6) is 0 Å². The summed E-state index contributed by atoms with van der Waals surface area (Å²) in [5.41, 5.74) is 1.83. The Hall–Kier alpha value is 0.480. The van der Waals surface area contributed by atoms with Gasteiger partial charge in [0.1, 0.15) is 0 Å². The van der Waals surface area contributed by atoms with E-state index in [1.807, 2.05) is 17.9 Å². The van der Waals surface area contributed by atoms with Crippen molar-refractivity contribution in [1.29, 1.82) is 0 Å². The second-order valence-corrected chi connectivity index (χ2v) is 7.39. The van der Waals surface area contributed by atoms with Gasteiger partial charge >= 0.3 is 0 Å². The lowest BCUT2D eigenvalue weighted by molar-refractivity contribution is 0.827. The Kier molecular flexibility index (Phi) is 2.51. The van der Waals surface area contributed by atoms with Crippen LogP contribution >= 0.6 is 55.0 Å². The number of nitrogens with one attached hydrogen (secondary N) is 1. The van der Waals surface area contributed by atoms with E-state index in [2.05, 4.69) is 42.2 Å². The summed E-state index contributed by atoms with van der Waals surface area (Å²) in [6.45, 7) is 0. The maximum Gasteiger partial charge on any atom is 0.181 e. The predicted octanol–water partition coefficient (Wildman–Crippen LogP) is 3.18. The Balaban J connectivity index is 2.26. The topological polar surface area (TPSA) is 24.9 Å². The van der Waals surface area contributed by atoms with Crippen LogP contribution in [0.25, 0.3) is 0 Å². The third-order valence-electron chi connectivity index (χ3n) is 1.36. The van der Waals surface area contributed by atoms with E-state index in [-0.39, 0.29) is 3.78 Å². The van der Waals surface area contributed by atoms with Crippen LogP contribution in [-0.4, -0.2) is 4.98 Å². The van der Waals surface area contributed by atoms with Gasteiger partial charge in [0.2, 0.25) is 0 Å². The number of hydrogen-bond acceptors (Lipinski definition) is 4. The maximum atomic E-state index is 4.03. The van der Waals surface area contributed by atoms with Gasteiger partial charge in [0, 0.05) is 12.4 Å². The molecule has 0 amide bonds. The summed E-state index contributed by atoms with van der Waals surface area (Å²) in [7, 11) is 0. The van der Waals surface area contributed by atoms with Gasteiger partial charge in [-0.2, -0.15) is 0 Å².